The molecule has 0 radical (unpaired) electrons. The summed E-state index contributed by atoms with van der Waals surface area (Å²) >= 11 is 0. The van der Waals surface area contributed by atoms with E-state index < -0.39 is 23.6 Å². The summed E-state index contributed by atoms with van der Waals surface area (Å²) in [6, 6.07) is 0. The zero-order valence-electron chi connectivity index (χ0n) is 12.8. The van der Waals surface area contributed by atoms with Gasteiger partial charge in [0.1, 0.15) is 0 Å². The van der Waals surface area contributed by atoms with Crippen molar-refractivity contribution in [2.75, 3.05) is 0 Å². The lowest BCUT2D eigenvalue weighted by atomic mass is 9.89. The van der Waals surface area contributed by atoms with Gasteiger partial charge in [0.15, 0.2) is 0 Å². The zero-order chi connectivity index (χ0) is 14.0. The lowest BCUT2D eigenvalue weighted by Gasteiger charge is -2.26. The van der Waals surface area contributed by atoms with Gasteiger partial charge in [0.05, 0.1) is 0 Å². The highest BCUT2D eigenvalue weighted by molar-refractivity contribution is 4.75. The molecule has 0 aromatic rings. The van der Waals surface area contributed by atoms with Gasteiger partial charge in [-0.05, 0) is 12.3 Å². The summed E-state index contributed by atoms with van der Waals surface area (Å²) < 4.78 is 45.2. The third-order valence-electron chi connectivity index (χ3n) is 1.32. The van der Waals surface area contributed by atoms with Gasteiger partial charge in [-0.1, -0.05) is 55.8 Å². The Morgan fingerprint density at radius 1 is 0.857 bits per heavy atom. The normalized spacial score (nSPS) is 16.5. The summed E-state index contributed by atoms with van der Waals surface area (Å²) in [6.45, 7) is 8.81. The van der Waals surface area contributed by atoms with Crippen LogP contribution in [-0.2, 0) is 0 Å². The molecule has 90 valence electrons. The molecule has 0 N–H and O–H groups in total. The number of halogens is 2. The van der Waals surface area contributed by atoms with Crippen LogP contribution in [0.4, 0.5) is 8.78 Å². The molecular formula is C12H28F2. The highest BCUT2D eigenvalue weighted by atomic mass is 19.3. The number of hydrogen-bond acceptors (Lipinski definition) is 0. The average Bonchev–Trinajstić information content (AvgIpc) is 1.77. The second kappa shape index (κ2) is 5.67. The lowest BCUT2D eigenvalue weighted by Crippen LogP contribution is -2.29. The molecule has 0 fully saturated rings. The average molecular weight is 213 g/mol. The Labute approximate surface area is 93.3 Å². The Balaban J connectivity index is -0.000000218. The van der Waals surface area contributed by atoms with Crippen molar-refractivity contribution < 1.29 is 12.9 Å². The van der Waals surface area contributed by atoms with Crippen LogP contribution in [0.2, 0.25) is 0 Å². The van der Waals surface area contributed by atoms with Crippen LogP contribution < -0.4 is 0 Å². The molecule has 0 heterocycles. The van der Waals surface area contributed by atoms with Crippen molar-refractivity contribution in [3.63, 3.8) is 0 Å². The minimum atomic E-state index is -2.56. The Bertz CT molecular complexity index is 154. The van der Waals surface area contributed by atoms with E-state index in [2.05, 4.69) is 0 Å². The van der Waals surface area contributed by atoms with Gasteiger partial charge in [-0.3, -0.25) is 0 Å². The fourth-order valence-electron chi connectivity index (χ4n) is 0. The second-order valence-corrected chi connectivity index (χ2v) is 5.39. The molecule has 0 spiro atoms. The number of rotatable bonds is 0. The predicted molar refractivity (Wildman–Crippen MR) is 61.9 cm³/mol. The maximum Gasteiger partial charge on any atom is 0.250 e. The van der Waals surface area contributed by atoms with Crippen molar-refractivity contribution >= 4 is 0 Å². The first kappa shape index (κ1) is 11.9. The van der Waals surface area contributed by atoms with E-state index in [0.717, 1.165) is 6.92 Å². The zero-order valence-corrected chi connectivity index (χ0v) is 9.76. The van der Waals surface area contributed by atoms with Crippen LogP contribution in [0.15, 0.2) is 0 Å². The Kier molecular flexibility index (Phi) is 4.83. The molecule has 0 aliphatic carbocycles. The standard InChI is InChI=1S/C6H12F2.C5H12.CH4/c1-5(2,3)6(4,7)8;1-5(2,3)4;/h1-4H3;1-4H3;1H4/i;1D3;. The molecule has 0 aliphatic rings. The minimum Gasteiger partial charge on any atom is -0.207 e. The van der Waals surface area contributed by atoms with Gasteiger partial charge >= 0.3 is 0 Å². The molecule has 0 amide bonds. The summed E-state index contributed by atoms with van der Waals surface area (Å²) in [6.07, 6.45) is 0. The van der Waals surface area contributed by atoms with Crippen molar-refractivity contribution in [2.24, 2.45) is 10.8 Å². The third-order valence-corrected chi connectivity index (χ3v) is 1.32. The first-order valence-corrected chi connectivity index (χ1v) is 4.38. The molecule has 2 heteroatoms. The smallest absolute Gasteiger partial charge is 0.207 e. The molecule has 0 atom stereocenters. The van der Waals surface area contributed by atoms with E-state index in [1.54, 1.807) is 20.8 Å². The fourth-order valence-corrected chi connectivity index (χ4v) is 0. The Hall–Kier alpha value is -0.140. The van der Waals surface area contributed by atoms with E-state index >= 15 is 0 Å². The molecule has 0 aromatic carbocycles. The molecule has 14 heavy (non-hydrogen) atoms. The predicted octanol–water partition coefficient (Wildman–Crippen LogP) is 5.38. The molecule has 0 rings (SSSR count). The highest BCUT2D eigenvalue weighted by Crippen LogP contribution is 2.34. The van der Waals surface area contributed by atoms with Crippen LogP contribution in [0.25, 0.3) is 0 Å². The number of alkyl halides is 2. The minimum absolute atomic E-state index is 0. The van der Waals surface area contributed by atoms with Crippen LogP contribution in [0, 0.1) is 10.8 Å². The first-order chi connectivity index (χ1) is 6.50. The van der Waals surface area contributed by atoms with E-state index in [9.17, 15) is 8.78 Å². The Morgan fingerprint density at radius 2 is 1.00 bits per heavy atom. The topological polar surface area (TPSA) is 0 Å². The largest absolute Gasteiger partial charge is 0.250 e. The van der Waals surface area contributed by atoms with Crippen LogP contribution in [0.5, 0.6) is 0 Å². The van der Waals surface area contributed by atoms with Crippen LogP contribution >= 0.6 is 0 Å². The third kappa shape index (κ3) is 17.8. The summed E-state index contributed by atoms with van der Waals surface area (Å²) in [5.41, 5.74) is -1.46. The molecule has 0 unspecified atom stereocenters. The van der Waals surface area contributed by atoms with E-state index in [1.807, 2.05) is 0 Å². The molecule has 0 saturated carbocycles. The van der Waals surface area contributed by atoms with Gasteiger partial charge in [-0.15, -0.1) is 0 Å². The summed E-state index contributed by atoms with van der Waals surface area (Å²) in [7, 11) is 0. The van der Waals surface area contributed by atoms with Gasteiger partial charge in [-0.25, -0.2) is 8.78 Å². The van der Waals surface area contributed by atoms with Crippen molar-refractivity contribution in [3.05, 3.63) is 0 Å². The van der Waals surface area contributed by atoms with Crippen LogP contribution in [0.1, 0.15) is 66.9 Å². The van der Waals surface area contributed by atoms with Gasteiger partial charge in [-0.2, -0.15) is 0 Å². The molecule has 0 nitrogen and oxygen atoms in total. The van der Waals surface area contributed by atoms with E-state index in [1.165, 1.54) is 20.8 Å². The second-order valence-electron chi connectivity index (χ2n) is 5.39. The Morgan fingerprint density at radius 3 is 1.00 bits per heavy atom. The quantitative estimate of drug-likeness (QED) is 0.507. The van der Waals surface area contributed by atoms with Crippen molar-refractivity contribution in [3.8, 4) is 0 Å². The van der Waals surface area contributed by atoms with E-state index in [4.69, 9.17) is 4.11 Å². The van der Waals surface area contributed by atoms with E-state index in [0.29, 0.717) is 0 Å². The maximum absolute atomic E-state index is 12.2. The monoisotopic (exact) mass is 213 g/mol. The fraction of sp³-hybridized carbons (Fsp3) is 1.00. The molecule has 0 aliphatic heterocycles. The van der Waals surface area contributed by atoms with Gasteiger partial charge in [0, 0.05) is 9.53 Å². The van der Waals surface area contributed by atoms with Crippen molar-refractivity contribution in [2.45, 2.75) is 68.7 Å². The van der Waals surface area contributed by atoms with Gasteiger partial charge in [0.25, 0.3) is 0 Å². The first-order valence-electron chi connectivity index (χ1n) is 5.88. The maximum atomic E-state index is 12.2. The molecule has 0 bridgehead atoms. The van der Waals surface area contributed by atoms with Crippen molar-refractivity contribution in [1.29, 1.82) is 0 Å². The molecule has 0 saturated heterocycles. The van der Waals surface area contributed by atoms with Crippen LogP contribution in [-0.4, -0.2) is 5.92 Å². The van der Waals surface area contributed by atoms with Gasteiger partial charge < -0.3 is 0 Å². The van der Waals surface area contributed by atoms with Crippen LogP contribution in [0.3, 0.4) is 0 Å². The molecular weight excluding hydrogens is 182 g/mol. The van der Waals surface area contributed by atoms with Gasteiger partial charge in [0.2, 0.25) is 5.92 Å². The summed E-state index contributed by atoms with van der Waals surface area (Å²) in [5, 5.41) is 0. The molecule has 0 aromatic heterocycles. The number of hydrogen-bond donors (Lipinski definition) is 0. The summed E-state index contributed by atoms with van der Waals surface area (Å²) in [5.74, 6) is -2.56. The van der Waals surface area contributed by atoms with E-state index in [-0.39, 0.29) is 7.43 Å². The lowest BCUT2D eigenvalue weighted by molar-refractivity contribution is -0.0785. The highest BCUT2D eigenvalue weighted by Gasteiger charge is 2.37. The summed E-state index contributed by atoms with van der Waals surface area (Å²) in [4.78, 5) is 0. The van der Waals surface area contributed by atoms with Crippen molar-refractivity contribution in [1.82, 2.24) is 0 Å². The SMILES string of the molecule is C.CC(C)(C)C(C)(F)F.[2H]C([2H])([2H])C(C)(C)C.